The van der Waals surface area contributed by atoms with Gasteiger partial charge in [0, 0.05) is 6.04 Å². The van der Waals surface area contributed by atoms with Crippen molar-refractivity contribution in [3.8, 4) is 5.75 Å². The Morgan fingerprint density at radius 2 is 1.90 bits per heavy atom. The van der Waals surface area contributed by atoms with Gasteiger partial charge in [0.15, 0.2) is 6.10 Å². The fraction of sp³-hybridized carbons (Fsp3) is 0.611. The number of ether oxygens (including phenoxy) is 1. The number of hydrogen-bond donors (Lipinski definition) is 1. The van der Waals surface area contributed by atoms with Crippen molar-refractivity contribution in [2.24, 2.45) is 0 Å². The lowest BCUT2D eigenvalue weighted by Crippen LogP contribution is -2.41. The predicted molar refractivity (Wildman–Crippen MR) is 85.8 cm³/mol. The number of benzene rings is 1. The molecule has 0 aliphatic heterocycles. The SMILES string of the molecule is Cc1ccc(C(C)C)c(OC(C)C(=O)NC2CCCC2)c1. The monoisotopic (exact) mass is 289 g/mol. The average Bonchev–Trinajstić information content (AvgIpc) is 2.91. The van der Waals surface area contributed by atoms with Crippen molar-refractivity contribution in [3.05, 3.63) is 29.3 Å². The standard InChI is InChI=1S/C18H27NO2/c1-12(2)16-10-9-13(3)11-17(16)21-14(4)18(20)19-15-7-5-6-8-15/h9-12,14-15H,5-8H2,1-4H3,(H,19,20). The van der Waals surface area contributed by atoms with E-state index in [4.69, 9.17) is 4.74 Å². The molecular weight excluding hydrogens is 262 g/mol. The minimum atomic E-state index is -0.454. The van der Waals surface area contributed by atoms with Crippen molar-refractivity contribution in [1.82, 2.24) is 5.32 Å². The van der Waals surface area contributed by atoms with Crippen molar-refractivity contribution in [2.75, 3.05) is 0 Å². The zero-order valence-corrected chi connectivity index (χ0v) is 13.6. The van der Waals surface area contributed by atoms with Crippen LogP contribution < -0.4 is 10.1 Å². The van der Waals surface area contributed by atoms with Gasteiger partial charge in [0.05, 0.1) is 0 Å². The summed E-state index contributed by atoms with van der Waals surface area (Å²) in [6, 6.07) is 6.54. The largest absolute Gasteiger partial charge is 0.481 e. The molecule has 1 aromatic carbocycles. The molecule has 1 aliphatic rings. The summed E-state index contributed by atoms with van der Waals surface area (Å²) >= 11 is 0. The number of aryl methyl sites for hydroxylation is 1. The maximum absolute atomic E-state index is 12.2. The maximum atomic E-state index is 12.2. The molecule has 1 amide bonds. The molecule has 1 aromatic rings. The minimum absolute atomic E-state index is 0.00175. The Balaban J connectivity index is 2.02. The van der Waals surface area contributed by atoms with Gasteiger partial charge in [-0.3, -0.25) is 4.79 Å². The third-order valence-corrected chi connectivity index (χ3v) is 4.17. The molecule has 1 saturated carbocycles. The normalized spacial score (nSPS) is 17.0. The molecule has 0 saturated heterocycles. The van der Waals surface area contributed by atoms with Gasteiger partial charge in [0.2, 0.25) is 0 Å². The Bertz CT molecular complexity index is 490. The first-order chi connectivity index (χ1) is 9.97. The molecule has 0 radical (unpaired) electrons. The Hall–Kier alpha value is -1.51. The molecule has 3 nitrogen and oxygen atoms in total. The molecule has 0 bridgehead atoms. The van der Waals surface area contributed by atoms with Crippen LogP contribution in [-0.4, -0.2) is 18.1 Å². The maximum Gasteiger partial charge on any atom is 0.260 e. The Kier molecular flexibility index (Phi) is 5.27. The van der Waals surface area contributed by atoms with Crippen molar-refractivity contribution < 1.29 is 9.53 Å². The van der Waals surface area contributed by atoms with E-state index in [0.717, 1.165) is 29.7 Å². The van der Waals surface area contributed by atoms with Gasteiger partial charge in [-0.1, -0.05) is 38.8 Å². The van der Waals surface area contributed by atoms with E-state index in [9.17, 15) is 4.79 Å². The van der Waals surface area contributed by atoms with E-state index in [0.29, 0.717) is 12.0 Å². The van der Waals surface area contributed by atoms with E-state index in [1.807, 2.05) is 19.9 Å². The van der Waals surface area contributed by atoms with E-state index in [2.05, 4.69) is 31.3 Å². The highest BCUT2D eigenvalue weighted by molar-refractivity contribution is 5.81. The van der Waals surface area contributed by atoms with Gasteiger partial charge in [0.25, 0.3) is 5.91 Å². The second-order valence-electron chi connectivity index (χ2n) is 6.45. The summed E-state index contributed by atoms with van der Waals surface area (Å²) in [6.07, 6.45) is 4.18. The topological polar surface area (TPSA) is 38.3 Å². The van der Waals surface area contributed by atoms with Crippen LogP contribution in [0, 0.1) is 6.92 Å². The van der Waals surface area contributed by atoms with Crippen LogP contribution in [0.4, 0.5) is 0 Å². The van der Waals surface area contributed by atoms with Crippen LogP contribution in [0.3, 0.4) is 0 Å². The average molecular weight is 289 g/mol. The third kappa shape index (κ3) is 4.23. The number of nitrogens with one attached hydrogen (secondary N) is 1. The first kappa shape index (κ1) is 15.9. The van der Waals surface area contributed by atoms with Gasteiger partial charge in [0.1, 0.15) is 5.75 Å². The Labute approximate surface area is 128 Å². The third-order valence-electron chi connectivity index (χ3n) is 4.17. The Morgan fingerprint density at radius 3 is 2.52 bits per heavy atom. The molecular formula is C18H27NO2. The van der Waals surface area contributed by atoms with Gasteiger partial charge < -0.3 is 10.1 Å². The molecule has 1 fully saturated rings. The Morgan fingerprint density at radius 1 is 1.24 bits per heavy atom. The van der Waals surface area contributed by atoms with Crippen LogP contribution in [-0.2, 0) is 4.79 Å². The summed E-state index contributed by atoms with van der Waals surface area (Å²) < 4.78 is 5.95. The van der Waals surface area contributed by atoms with Gasteiger partial charge >= 0.3 is 0 Å². The zero-order valence-electron chi connectivity index (χ0n) is 13.6. The van der Waals surface area contributed by atoms with E-state index in [-0.39, 0.29) is 5.91 Å². The number of rotatable bonds is 5. The van der Waals surface area contributed by atoms with E-state index in [1.54, 1.807) is 0 Å². The molecule has 1 aliphatic carbocycles. The molecule has 1 N–H and O–H groups in total. The number of carbonyl (C=O) groups is 1. The predicted octanol–water partition coefficient (Wildman–Crippen LogP) is 3.94. The highest BCUT2D eigenvalue weighted by atomic mass is 16.5. The fourth-order valence-corrected chi connectivity index (χ4v) is 2.85. The second-order valence-corrected chi connectivity index (χ2v) is 6.45. The molecule has 1 unspecified atom stereocenters. The molecule has 0 heterocycles. The summed E-state index contributed by atoms with van der Waals surface area (Å²) in [7, 11) is 0. The molecule has 21 heavy (non-hydrogen) atoms. The van der Waals surface area contributed by atoms with Crippen LogP contribution in [0.15, 0.2) is 18.2 Å². The number of amides is 1. The summed E-state index contributed by atoms with van der Waals surface area (Å²) in [5, 5.41) is 3.10. The van der Waals surface area contributed by atoms with Crippen molar-refractivity contribution >= 4 is 5.91 Å². The minimum Gasteiger partial charge on any atom is -0.481 e. The summed E-state index contributed by atoms with van der Waals surface area (Å²) in [5.74, 6) is 1.21. The van der Waals surface area contributed by atoms with Crippen LogP contribution >= 0.6 is 0 Å². The quantitative estimate of drug-likeness (QED) is 0.891. The van der Waals surface area contributed by atoms with E-state index >= 15 is 0 Å². The first-order valence-electron chi connectivity index (χ1n) is 8.05. The lowest BCUT2D eigenvalue weighted by molar-refractivity contribution is -0.128. The molecule has 0 aromatic heterocycles. The molecule has 1 atom stereocenters. The molecule has 3 heteroatoms. The van der Waals surface area contributed by atoms with Crippen LogP contribution in [0.25, 0.3) is 0 Å². The first-order valence-corrected chi connectivity index (χ1v) is 8.05. The van der Waals surface area contributed by atoms with E-state index < -0.39 is 6.10 Å². The lowest BCUT2D eigenvalue weighted by atomic mass is 10.0. The molecule has 116 valence electrons. The highest BCUT2D eigenvalue weighted by Gasteiger charge is 2.22. The number of carbonyl (C=O) groups excluding carboxylic acids is 1. The van der Waals surface area contributed by atoms with Crippen LogP contribution in [0.5, 0.6) is 5.75 Å². The van der Waals surface area contributed by atoms with Crippen molar-refractivity contribution in [2.45, 2.75) is 71.4 Å². The molecule has 2 rings (SSSR count). The summed E-state index contributed by atoms with van der Waals surface area (Å²) in [5.41, 5.74) is 2.30. The van der Waals surface area contributed by atoms with Gasteiger partial charge in [-0.2, -0.15) is 0 Å². The van der Waals surface area contributed by atoms with Gasteiger partial charge in [-0.25, -0.2) is 0 Å². The lowest BCUT2D eigenvalue weighted by Gasteiger charge is -2.21. The van der Waals surface area contributed by atoms with Crippen LogP contribution in [0.1, 0.15) is 63.5 Å². The fourth-order valence-electron chi connectivity index (χ4n) is 2.85. The van der Waals surface area contributed by atoms with Gasteiger partial charge in [-0.05, 0) is 49.8 Å². The van der Waals surface area contributed by atoms with Crippen molar-refractivity contribution in [3.63, 3.8) is 0 Å². The summed E-state index contributed by atoms with van der Waals surface area (Å²) in [4.78, 5) is 12.2. The number of hydrogen-bond acceptors (Lipinski definition) is 2. The van der Waals surface area contributed by atoms with Gasteiger partial charge in [-0.15, -0.1) is 0 Å². The van der Waals surface area contributed by atoms with Crippen LogP contribution in [0.2, 0.25) is 0 Å². The van der Waals surface area contributed by atoms with E-state index in [1.165, 1.54) is 12.8 Å². The smallest absolute Gasteiger partial charge is 0.260 e. The summed E-state index contributed by atoms with van der Waals surface area (Å²) in [6.45, 7) is 8.15. The van der Waals surface area contributed by atoms with Crippen molar-refractivity contribution in [1.29, 1.82) is 0 Å². The second kappa shape index (κ2) is 6.97. The molecule has 0 spiro atoms. The zero-order chi connectivity index (χ0) is 15.4. The highest BCUT2D eigenvalue weighted by Crippen LogP contribution is 2.28.